The lowest BCUT2D eigenvalue weighted by atomic mass is 9.90. The number of β-amino-alcohol motifs (C(OH)–C–C–N with tert-alkyl or cyclic N) is 1. The van der Waals surface area contributed by atoms with Gasteiger partial charge >= 0.3 is 0 Å². The number of rotatable bonds is 21. The van der Waals surface area contributed by atoms with Crippen LogP contribution in [0.3, 0.4) is 0 Å². The molecule has 5 heterocycles. The highest BCUT2D eigenvalue weighted by atomic mass is 16.5. The Morgan fingerprint density at radius 2 is 1.42 bits per heavy atom. The molecule has 2 amide bonds. The van der Waals surface area contributed by atoms with Gasteiger partial charge in [0.2, 0.25) is 11.8 Å². The van der Waals surface area contributed by atoms with E-state index in [-0.39, 0.29) is 41.8 Å². The maximum absolute atomic E-state index is 13.7. The van der Waals surface area contributed by atoms with Crippen molar-refractivity contribution in [2.24, 2.45) is 7.05 Å². The van der Waals surface area contributed by atoms with Gasteiger partial charge in [0.15, 0.2) is 5.52 Å². The van der Waals surface area contributed by atoms with E-state index in [0.717, 1.165) is 49.4 Å². The van der Waals surface area contributed by atoms with Crippen LogP contribution >= 0.6 is 0 Å². The third-order valence-electron chi connectivity index (χ3n) is 14.8. The van der Waals surface area contributed by atoms with Crippen molar-refractivity contribution in [3.05, 3.63) is 130 Å². The molecule has 0 bridgehead atoms. The second-order valence-corrected chi connectivity index (χ2v) is 20.4. The van der Waals surface area contributed by atoms with Crippen molar-refractivity contribution in [1.29, 1.82) is 0 Å². The van der Waals surface area contributed by atoms with E-state index in [1.165, 1.54) is 43.8 Å². The third kappa shape index (κ3) is 12.6. The summed E-state index contributed by atoms with van der Waals surface area (Å²) in [7, 11) is 1.77. The molecule has 0 radical (unpaired) electrons. The number of amides is 2. The van der Waals surface area contributed by atoms with Crippen LogP contribution in [0.1, 0.15) is 60.8 Å². The summed E-state index contributed by atoms with van der Waals surface area (Å²) in [6.07, 6.45) is 2.36. The predicted octanol–water partition coefficient (Wildman–Crippen LogP) is 5.79. The molecular weight excluding hydrogens is 923 g/mol. The molecule has 0 spiro atoms. The van der Waals surface area contributed by atoms with E-state index >= 15 is 0 Å². The first kappa shape index (κ1) is 51.6. The molecule has 16 heteroatoms. The maximum Gasteiger partial charge on any atom is 0.281 e. The fourth-order valence-electron chi connectivity index (χ4n) is 10.5. The van der Waals surface area contributed by atoms with Crippen LogP contribution in [0.4, 0.5) is 0 Å². The molecule has 3 aromatic heterocycles. The molecule has 2 aliphatic rings. The van der Waals surface area contributed by atoms with E-state index in [0.29, 0.717) is 89.6 Å². The first-order valence-corrected chi connectivity index (χ1v) is 25.9. The van der Waals surface area contributed by atoms with Crippen LogP contribution in [0.2, 0.25) is 0 Å². The molecular formula is C57H71N9O7. The molecule has 386 valence electrons. The molecule has 4 aromatic carbocycles. The molecule has 3 N–H and O–H groups in total. The van der Waals surface area contributed by atoms with Gasteiger partial charge in [0, 0.05) is 106 Å². The van der Waals surface area contributed by atoms with Crippen molar-refractivity contribution in [2.45, 2.75) is 83.7 Å². The van der Waals surface area contributed by atoms with Gasteiger partial charge in [-0.25, -0.2) is 4.98 Å². The topological polar surface area (TPSA) is 172 Å². The summed E-state index contributed by atoms with van der Waals surface area (Å²) in [5, 5.41) is 32.7. The van der Waals surface area contributed by atoms with E-state index < -0.39 is 11.7 Å². The number of nitrogens with one attached hydrogen (secondary N) is 1. The summed E-state index contributed by atoms with van der Waals surface area (Å²) in [6.45, 7) is 15.0. The number of piperidine rings is 1. The first-order chi connectivity index (χ1) is 35.3. The zero-order chi connectivity index (χ0) is 51.1. The van der Waals surface area contributed by atoms with E-state index in [9.17, 15) is 24.6 Å². The molecule has 0 aliphatic carbocycles. The molecule has 7 aromatic rings. The van der Waals surface area contributed by atoms with Gasteiger partial charge in [0.25, 0.3) is 5.56 Å². The number of aliphatic hydroxyl groups excluding tert-OH is 1. The fraction of sp³-hybridized carbons (Fsp3) is 0.456. The third-order valence-corrected chi connectivity index (χ3v) is 14.8. The fourth-order valence-corrected chi connectivity index (χ4v) is 10.5. The number of aryl methyl sites for hydroxylation is 3. The second kappa shape index (κ2) is 23.3. The molecule has 73 heavy (non-hydrogen) atoms. The number of aromatic nitrogens is 5. The number of aliphatic hydroxyl groups is 2. The van der Waals surface area contributed by atoms with Gasteiger partial charge in [-0.05, 0) is 68.0 Å². The summed E-state index contributed by atoms with van der Waals surface area (Å²) < 4.78 is 16.9. The molecule has 0 saturated carbocycles. The first-order valence-electron chi connectivity index (χ1n) is 25.9. The van der Waals surface area contributed by atoms with Crippen molar-refractivity contribution in [1.82, 2.24) is 43.9 Å². The number of likely N-dealkylation sites (tertiary alicyclic amines) is 1. The summed E-state index contributed by atoms with van der Waals surface area (Å²) in [4.78, 5) is 50.7. The van der Waals surface area contributed by atoms with E-state index in [2.05, 4.69) is 86.9 Å². The Morgan fingerprint density at radius 1 is 0.781 bits per heavy atom. The Labute approximate surface area is 427 Å². The number of carbonyl (C=O) groups is 2. The smallest absolute Gasteiger partial charge is 0.281 e. The summed E-state index contributed by atoms with van der Waals surface area (Å²) in [5.74, 6) is 0.0566. The number of ether oxygens (including phenoxy) is 2. The minimum Gasteiger partial charge on any atom is -0.390 e. The highest BCUT2D eigenvalue weighted by molar-refractivity contribution is 6.08. The Balaban J connectivity index is 0.639. The van der Waals surface area contributed by atoms with E-state index in [1.54, 1.807) is 11.7 Å². The normalized spacial score (nSPS) is 16.4. The standard InChI is InChI=1S/C57H71N9O7/c1-40-10-16-49-47(32-40)48-33-41(2)11-17-50(48)66(49)37-46(67)36-63-25-23-62(24-26-63)27-29-73-31-30-72-28-18-51(68)58-35-43-12-14-45(15-13-43)55-53-54(60-61(55)4)56(70)65(39-59-53)38-57(71)19-21-64(22-20-57)52(69)34-42(3)44-8-6-5-7-9-44/h5-17,32-33,39,42,46,67,71H,18-31,34-38H2,1-4H3,(H,58,68)/t42-,46-/m1/s1. The average Bonchev–Trinajstić information content (AvgIpc) is 3.88. The monoisotopic (exact) mass is 994 g/mol. The SMILES string of the molecule is Cc1ccc2c(c1)c1cc(C)ccc1n2C[C@H](O)CN1CCN(CCOCCOCCC(=O)NCc2ccc(-c3c4ncn(CC5(O)CCN(C(=O)C[C@@H](C)c6ccccc6)CC5)c(=O)c4nn3C)cc2)CC1. The minimum atomic E-state index is -1.16. The average molecular weight is 994 g/mol. The van der Waals surface area contributed by atoms with Gasteiger partial charge in [-0.2, -0.15) is 5.10 Å². The number of benzene rings is 4. The number of hydrogen-bond acceptors (Lipinski definition) is 11. The highest BCUT2D eigenvalue weighted by Crippen LogP contribution is 2.32. The van der Waals surface area contributed by atoms with Gasteiger partial charge < -0.3 is 34.5 Å². The van der Waals surface area contributed by atoms with Crippen LogP contribution in [-0.2, 0) is 45.7 Å². The van der Waals surface area contributed by atoms with Crippen molar-refractivity contribution < 1.29 is 29.3 Å². The molecule has 2 fully saturated rings. The summed E-state index contributed by atoms with van der Waals surface area (Å²) in [6, 6.07) is 30.8. The summed E-state index contributed by atoms with van der Waals surface area (Å²) >= 11 is 0. The molecule has 16 nitrogen and oxygen atoms in total. The van der Waals surface area contributed by atoms with Crippen molar-refractivity contribution in [3.8, 4) is 11.3 Å². The molecule has 2 aliphatic heterocycles. The number of piperazine rings is 1. The predicted molar refractivity (Wildman–Crippen MR) is 284 cm³/mol. The number of fused-ring (bicyclic) bond motifs is 4. The van der Waals surface area contributed by atoms with E-state index in [1.807, 2.05) is 59.5 Å². The Kier molecular flexibility index (Phi) is 16.5. The zero-order valence-electron chi connectivity index (χ0n) is 42.8. The number of carbonyl (C=O) groups excluding carboxylic acids is 2. The van der Waals surface area contributed by atoms with Gasteiger partial charge in [0.05, 0.1) is 63.2 Å². The van der Waals surface area contributed by atoms with Gasteiger partial charge in [-0.1, -0.05) is 84.8 Å². The Morgan fingerprint density at radius 3 is 2.10 bits per heavy atom. The lowest BCUT2D eigenvalue weighted by molar-refractivity contribution is -0.136. The van der Waals surface area contributed by atoms with Crippen LogP contribution in [0.15, 0.2) is 102 Å². The lowest BCUT2D eigenvalue weighted by Gasteiger charge is -2.38. The molecule has 9 rings (SSSR count). The zero-order valence-corrected chi connectivity index (χ0v) is 42.8. The summed E-state index contributed by atoms with van der Waals surface area (Å²) in [5.41, 5.74) is 7.55. The second-order valence-electron chi connectivity index (χ2n) is 20.4. The van der Waals surface area contributed by atoms with Gasteiger partial charge in [-0.3, -0.25) is 33.4 Å². The van der Waals surface area contributed by atoms with Crippen LogP contribution in [0, 0.1) is 13.8 Å². The maximum atomic E-state index is 13.7. The quantitative estimate of drug-likeness (QED) is 0.0745. The highest BCUT2D eigenvalue weighted by Gasteiger charge is 2.35. The van der Waals surface area contributed by atoms with Crippen LogP contribution in [0.5, 0.6) is 0 Å². The Bertz CT molecular complexity index is 3000. The van der Waals surface area contributed by atoms with Crippen LogP contribution < -0.4 is 10.9 Å². The molecule has 2 saturated heterocycles. The van der Waals surface area contributed by atoms with Gasteiger partial charge in [-0.15, -0.1) is 0 Å². The molecule has 0 unspecified atom stereocenters. The number of hydrogen-bond donors (Lipinski definition) is 3. The minimum absolute atomic E-state index is 0.0607. The Hall–Kier alpha value is -6.27. The van der Waals surface area contributed by atoms with Crippen molar-refractivity contribution in [3.63, 3.8) is 0 Å². The lowest BCUT2D eigenvalue weighted by Crippen LogP contribution is -2.49. The van der Waals surface area contributed by atoms with Crippen molar-refractivity contribution in [2.75, 3.05) is 78.8 Å². The van der Waals surface area contributed by atoms with E-state index in [4.69, 9.17) is 9.47 Å². The molecule has 2 atom stereocenters. The van der Waals surface area contributed by atoms with Crippen LogP contribution in [0.25, 0.3) is 44.1 Å². The largest absolute Gasteiger partial charge is 0.390 e. The van der Waals surface area contributed by atoms with Crippen molar-refractivity contribution >= 4 is 44.7 Å². The van der Waals surface area contributed by atoms with Crippen LogP contribution in [-0.4, -0.2) is 151 Å². The number of nitrogens with zero attached hydrogens (tertiary/aromatic N) is 8. The van der Waals surface area contributed by atoms with Gasteiger partial charge in [0.1, 0.15) is 5.52 Å².